The van der Waals surface area contributed by atoms with Crippen molar-refractivity contribution in [3.8, 4) is 0 Å². The monoisotopic (exact) mass is 217 g/mol. The van der Waals surface area contributed by atoms with E-state index in [1.54, 1.807) is 0 Å². The highest BCUT2D eigenvalue weighted by atomic mass is 15.2. The molecule has 0 radical (unpaired) electrons. The van der Waals surface area contributed by atoms with E-state index in [-0.39, 0.29) is 0 Å². The molecule has 3 heteroatoms. The van der Waals surface area contributed by atoms with Crippen LogP contribution < -0.4 is 5.32 Å². The maximum atomic E-state index is 4.49. The molecule has 0 aliphatic heterocycles. The van der Waals surface area contributed by atoms with Crippen LogP contribution in [0.1, 0.15) is 44.6 Å². The molecule has 1 N–H and O–H groups in total. The van der Waals surface area contributed by atoms with Crippen molar-refractivity contribution in [3.05, 3.63) is 12.4 Å². The third-order valence-corrected chi connectivity index (χ3v) is 4.16. The maximum absolute atomic E-state index is 4.49. The summed E-state index contributed by atoms with van der Waals surface area (Å²) >= 11 is 0. The molecular formula is C13H19N3. The highest BCUT2D eigenvalue weighted by Crippen LogP contribution is 2.46. The largest absolute Gasteiger partial charge is 0.352 e. The van der Waals surface area contributed by atoms with E-state index in [0.29, 0.717) is 0 Å². The van der Waals surface area contributed by atoms with Crippen LogP contribution in [0.25, 0.3) is 0 Å². The van der Waals surface area contributed by atoms with E-state index in [4.69, 9.17) is 0 Å². The SMILES string of the molecule is c1cn(C2CC2)c(NC(C2CC2)C2CC2)n1. The Morgan fingerprint density at radius 1 is 1.12 bits per heavy atom. The minimum absolute atomic E-state index is 0.722. The Bertz CT molecular complexity index is 374. The van der Waals surface area contributed by atoms with Crippen molar-refractivity contribution < 1.29 is 0 Å². The summed E-state index contributed by atoms with van der Waals surface area (Å²) in [6.07, 6.45) is 12.5. The van der Waals surface area contributed by atoms with Crippen molar-refractivity contribution in [1.82, 2.24) is 9.55 Å². The van der Waals surface area contributed by atoms with Gasteiger partial charge in [0.05, 0.1) is 0 Å². The average molecular weight is 217 g/mol. The van der Waals surface area contributed by atoms with E-state index >= 15 is 0 Å². The Morgan fingerprint density at radius 3 is 2.38 bits per heavy atom. The van der Waals surface area contributed by atoms with Crippen LogP contribution in [0.3, 0.4) is 0 Å². The number of nitrogens with zero attached hydrogens (tertiary/aromatic N) is 2. The molecule has 3 saturated carbocycles. The molecule has 4 rings (SSSR count). The van der Waals surface area contributed by atoms with Crippen molar-refractivity contribution in [2.45, 2.75) is 50.6 Å². The summed E-state index contributed by atoms with van der Waals surface area (Å²) in [5.74, 6) is 3.01. The van der Waals surface area contributed by atoms with E-state index in [9.17, 15) is 0 Å². The van der Waals surface area contributed by atoms with Crippen molar-refractivity contribution in [3.63, 3.8) is 0 Å². The van der Waals surface area contributed by atoms with Gasteiger partial charge in [-0.1, -0.05) is 0 Å². The van der Waals surface area contributed by atoms with Gasteiger partial charge in [-0.2, -0.15) is 0 Å². The van der Waals surface area contributed by atoms with E-state index in [1.807, 2.05) is 6.20 Å². The molecule has 0 unspecified atom stereocenters. The molecule has 3 nitrogen and oxygen atoms in total. The van der Waals surface area contributed by atoms with E-state index in [2.05, 4.69) is 21.1 Å². The second kappa shape index (κ2) is 3.25. The maximum Gasteiger partial charge on any atom is 0.203 e. The molecular weight excluding hydrogens is 198 g/mol. The first kappa shape index (κ1) is 9.08. The number of imidazole rings is 1. The molecule has 3 aliphatic carbocycles. The Labute approximate surface area is 96.3 Å². The molecule has 0 atom stereocenters. The fourth-order valence-corrected chi connectivity index (χ4v) is 2.75. The highest BCUT2D eigenvalue weighted by Gasteiger charge is 2.42. The molecule has 0 aromatic carbocycles. The van der Waals surface area contributed by atoms with E-state index in [0.717, 1.165) is 29.9 Å². The van der Waals surface area contributed by atoms with E-state index in [1.165, 1.54) is 38.5 Å². The van der Waals surface area contributed by atoms with Crippen LogP contribution in [-0.2, 0) is 0 Å². The van der Waals surface area contributed by atoms with Crippen LogP contribution in [0.15, 0.2) is 12.4 Å². The lowest BCUT2D eigenvalue weighted by atomic mass is 10.1. The first-order valence-corrected chi connectivity index (χ1v) is 6.71. The number of nitrogens with one attached hydrogen (secondary N) is 1. The molecule has 0 spiro atoms. The second-order valence-electron chi connectivity index (χ2n) is 5.73. The highest BCUT2D eigenvalue weighted by molar-refractivity contribution is 5.31. The van der Waals surface area contributed by atoms with Crippen LogP contribution in [0.4, 0.5) is 5.95 Å². The second-order valence-corrected chi connectivity index (χ2v) is 5.73. The molecule has 1 aromatic rings. The molecule has 3 fully saturated rings. The van der Waals surface area contributed by atoms with Crippen molar-refractivity contribution in [2.24, 2.45) is 11.8 Å². The molecule has 1 aromatic heterocycles. The average Bonchev–Trinajstić information content (AvgIpc) is 3.10. The topological polar surface area (TPSA) is 29.9 Å². The van der Waals surface area contributed by atoms with Gasteiger partial charge in [-0.25, -0.2) is 4.98 Å². The van der Waals surface area contributed by atoms with Gasteiger partial charge in [0.15, 0.2) is 0 Å². The van der Waals surface area contributed by atoms with Gasteiger partial charge >= 0.3 is 0 Å². The quantitative estimate of drug-likeness (QED) is 0.822. The van der Waals surface area contributed by atoms with Gasteiger partial charge in [0.1, 0.15) is 0 Å². The minimum Gasteiger partial charge on any atom is -0.352 e. The molecule has 3 aliphatic rings. The fraction of sp³-hybridized carbons (Fsp3) is 0.769. The first-order chi connectivity index (χ1) is 7.92. The van der Waals surface area contributed by atoms with Gasteiger partial charge < -0.3 is 9.88 Å². The normalized spacial score (nSPS) is 25.1. The number of anilines is 1. The van der Waals surface area contributed by atoms with Crippen molar-refractivity contribution in [1.29, 1.82) is 0 Å². The van der Waals surface area contributed by atoms with Gasteiger partial charge in [-0.15, -0.1) is 0 Å². The van der Waals surface area contributed by atoms with Crippen molar-refractivity contribution in [2.75, 3.05) is 5.32 Å². The molecule has 0 bridgehead atoms. The lowest BCUT2D eigenvalue weighted by molar-refractivity contribution is 0.556. The summed E-state index contributed by atoms with van der Waals surface area (Å²) in [5.41, 5.74) is 0. The standard InChI is InChI=1S/C13H19N3/c1-2-9(1)12(10-3-4-10)15-13-14-7-8-16(13)11-5-6-11/h7-12H,1-6H2,(H,14,15). The Kier molecular flexibility index (Phi) is 1.85. The van der Waals surface area contributed by atoms with Crippen LogP contribution in [0, 0.1) is 11.8 Å². The summed E-state index contributed by atoms with van der Waals surface area (Å²) in [6.45, 7) is 0. The van der Waals surface area contributed by atoms with Crippen LogP contribution >= 0.6 is 0 Å². The van der Waals surface area contributed by atoms with Crippen LogP contribution in [0.5, 0.6) is 0 Å². The smallest absolute Gasteiger partial charge is 0.203 e. The van der Waals surface area contributed by atoms with Gasteiger partial charge in [-0.3, -0.25) is 0 Å². The van der Waals surface area contributed by atoms with Gasteiger partial charge in [0.25, 0.3) is 0 Å². The summed E-state index contributed by atoms with van der Waals surface area (Å²) in [6, 6.07) is 1.46. The molecule has 16 heavy (non-hydrogen) atoms. The first-order valence-electron chi connectivity index (χ1n) is 6.71. The summed E-state index contributed by atoms with van der Waals surface area (Å²) in [5, 5.41) is 3.72. The number of aromatic nitrogens is 2. The zero-order valence-corrected chi connectivity index (χ0v) is 9.60. The molecule has 1 heterocycles. The van der Waals surface area contributed by atoms with Crippen molar-refractivity contribution >= 4 is 5.95 Å². The summed E-state index contributed by atoms with van der Waals surface area (Å²) < 4.78 is 2.35. The van der Waals surface area contributed by atoms with Gasteiger partial charge in [0.2, 0.25) is 5.95 Å². The molecule has 86 valence electrons. The predicted octanol–water partition coefficient (Wildman–Crippen LogP) is 2.82. The molecule has 0 saturated heterocycles. The minimum atomic E-state index is 0.722. The predicted molar refractivity (Wildman–Crippen MR) is 63.4 cm³/mol. The summed E-state index contributed by atoms with van der Waals surface area (Å²) in [7, 11) is 0. The van der Waals surface area contributed by atoms with Crippen LogP contribution in [-0.4, -0.2) is 15.6 Å². The van der Waals surface area contributed by atoms with Gasteiger partial charge in [0, 0.05) is 24.5 Å². The third-order valence-electron chi connectivity index (χ3n) is 4.16. The summed E-state index contributed by atoms with van der Waals surface area (Å²) in [4.78, 5) is 4.49. The fourth-order valence-electron chi connectivity index (χ4n) is 2.75. The Hall–Kier alpha value is -0.990. The Morgan fingerprint density at radius 2 is 1.81 bits per heavy atom. The number of hydrogen-bond donors (Lipinski definition) is 1. The third kappa shape index (κ3) is 1.62. The Balaban J connectivity index is 1.52. The van der Waals surface area contributed by atoms with E-state index < -0.39 is 0 Å². The molecule has 0 amide bonds. The number of hydrogen-bond acceptors (Lipinski definition) is 2. The van der Waals surface area contributed by atoms with Crippen LogP contribution in [0.2, 0.25) is 0 Å². The zero-order chi connectivity index (χ0) is 10.5. The lowest BCUT2D eigenvalue weighted by Crippen LogP contribution is -2.26. The number of rotatable bonds is 5. The van der Waals surface area contributed by atoms with Gasteiger partial charge in [-0.05, 0) is 50.4 Å². The zero-order valence-electron chi connectivity index (χ0n) is 9.60. The lowest BCUT2D eigenvalue weighted by Gasteiger charge is -2.19.